The lowest BCUT2D eigenvalue weighted by Crippen LogP contribution is -2.41. The first-order valence-electron chi connectivity index (χ1n) is 9.15. The van der Waals surface area contributed by atoms with Crippen molar-refractivity contribution in [2.75, 3.05) is 0 Å². The number of hydrogen-bond acceptors (Lipinski definition) is 3. The first kappa shape index (κ1) is 16.8. The molecule has 3 aliphatic carbocycles. The number of hydrogen-bond donors (Lipinski definition) is 2. The predicted octanol–water partition coefficient (Wildman–Crippen LogP) is 3.40. The summed E-state index contributed by atoms with van der Waals surface area (Å²) in [6.07, 6.45) is 2.17. The number of allylic oxidation sites excluding steroid dienone is 1. The van der Waals surface area contributed by atoms with Gasteiger partial charge in [-0.05, 0) is 68.6 Å². The second-order valence-corrected chi connectivity index (χ2v) is 8.79. The minimum Gasteiger partial charge on any atom is -0.481 e. The summed E-state index contributed by atoms with van der Waals surface area (Å²) in [7, 11) is 0. The van der Waals surface area contributed by atoms with Gasteiger partial charge in [-0.3, -0.25) is 9.59 Å². The molecule has 0 radical (unpaired) electrons. The van der Waals surface area contributed by atoms with Crippen LogP contribution in [0.15, 0.2) is 22.3 Å². The van der Waals surface area contributed by atoms with Crippen LogP contribution < -0.4 is 0 Å². The van der Waals surface area contributed by atoms with Crippen LogP contribution in [-0.2, 0) is 14.3 Å². The van der Waals surface area contributed by atoms with E-state index in [0.29, 0.717) is 11.8 Å². The molecule has 1 saturated heterocycles. The maximum absolute atomic E-state index is 11.9. The van der Waals surface area contributed by atoms with Crippen LogP contribution in [0.25, 0.3) is 0 Å². The van der Waals surface area contributed by atoms with E-state index in [0.717, 1.165) is 29.6 Å². The molecule has 5 unspecified atom stereocenters. The molecule has 25 heavy (non-hydrogen) atoms. The number of fused-ring (bicyclic) bond motifs is 2. The summed E-state index contributed by atoms with van der Waals surface area (Å²) in [5.74, 6) is -1.60. The molecule has 136 valence electrons. The zero-order valence-corrected chi connectivity index (χ0v) is 15.3. The molecule has 3 fully saturated rings. The van der Waals surface area contributed by atoms with Crippen molar-refractivity contribution in [2.24, 2.45) is 23.2 Å². The van der Waals surface area contributed by atoms with E-state index in [1.165, 1.54) is 5.57 Å². The van der Waals surface area contributed by atoms with E-state index in [1.807, 2.05) is 13.8 Å². The van der Waals surface area contributed by atoms with Gasteiger partial charge < -0.3 is 14.9 Å². The van der Waals surface area contributed by atoms with Gasteiger partial charge in [-0.2, -0.15) is 0 Å². The third-order valence-corrected chi connectivity index (χ3v) is 7.42. The van der Waals surface area contributed by atoms with Gasteiger partial charge in [-0.25, -0.2) is 0 Å². The molecule has 0 amide bonds. The number of carbonyl (C=O) groups is 2. The number of aliphatic carboxylic acids is 2. The first-order valence-corrected chi connectivity index (χ1v) is 9.15. The zero-order valence-electron chi connectivity index (χ0n) is 15.3. The summed E-state index contributed by atoms with van der Waals surface area (Å²) in [6, 6.07) is 0. The molecule has 5 nitrogen and oxygen atoms in total. The average Bonchev–Trinajstić information content (AvgIpc) is 3.14. The van der Waals surface area contributed by atoms with Gasteiger partial charge in [0.15, 0.2) is 0 Å². The zero-order chi connectivity index (χ0) is 18.3. The lowest BCUT2D eigenvalue weighted by molar-refractivity contribution is -0.141. The van der Waals surface area contributed by atoms with Crippen molar-refractivity contribution in [3.8, 4) is 0 Å². The molecule has 0 aromatic heterocycles. The van der Waals surface area contributed by atoms with Crippen molar-refractivity contribution >= 4 is 11.9 Å². The van der Waals surface area contributed by atoms with Crippen LogP contribution in [0.5, 0.6) is 0 Å². The highest BCUT2D eigenvalue weighted by atomic mass is 16.5. The Kier molecular flexibility index (Phi) is 3.34. The molecule has 4 aliphatic rings. The molecule has 1 heterocycles. The van der Waals surface area contributed by atoms with E-state index in [2.05, 4.69) is 13.8 Å². The van der Waals surface area contributed by atoms with Crippen LogP contribution >= 0.6 is 0 Å². The van der Waals surface area contributed by atoms with Gasteiger partial charge in [0, 0.05) is 11.8 Å². The summed E-state index contributed by atoms with van der Waals surface area (Å²) in [6.45, 7) is 8.45. The number of ether oxygens (including phenoxy) is 1. The highest BCUT2D eigenvalue weighted by Gasteiger charge is 2.70. The van der Waals surface area contributed by atoms with E-state index in [1.54, 1.807) is 0 Å². The molecule has 4 bridgehead atoms. The van der Waals surface area contributed by atoms with Crippen LogP contribution in [0.4, 0.5) is 0 Å². The highest BCUT2D eigenvalue weighted by molar-refractivity contribution is 5.78. The van der Waals surface area contributed by atoms with Crippen LogP contribution in [0, 0.1) is 23.2 Å². The molecule has 0 aromatic carbocycles. The topological polar surface area (TPSA) is 83.8 Å². The van der Waals surface area contributed by atoms with Crippen molar-refractivity contribution in [1.82, 2.24) is 0 Å². The molecule has 5 heteroatoms. The minimum atomic E-state index is -0.950. The Morgan fingerprint density at radius 1 is 1.24 bits per heavy atom. The monoisotopic (exact) mass is 346 g/mol. The lowest BCUT2D eigenvalue weighted by atomic mass is 9.68. The molecule has 6 atom stereocenters. The third-order valence-electron chi connectivity index (χ3n) is 7.42. The molecular weight excluding hydrogens is 320 g/mol. The van der Waals surface area contributed by atoms with Gasteiger partial charge in [0.2, 0.25) is 0 Å². The van der Waals surface area contributed by atoms with Crippen LogP contribution in [0.2, 0.25) is 0 Å². The fourth-order valence-electron chi connectivity index (χ4n) is 5.86. The second-order valence-electron chi connectivity index (χ2n) is 8.79. The lowest BCUT2D eigenvalue weighted by Gasteiger charge is -2.42. The Morgan fingerprint density at radius 3 is 2.52 bits per heavy atom. The minimum absolute atomic E-state index is 0.00413. The van der Waals surface area contributed by atoms with Crippen LogP contribution in [-0.4, -0.2) is 33.9 Å². The van der Waals surface area contributed by atoms with E-state index in [-0.39, 0.29) is 30.0 Å². The SMILES string of the molecule is CC1=C2C3CC(C)(C(C)=C1C(CCC(=O)O)C(=O)O)C2O[C@]1(C)CC31. The predicted molar refractivity (Wildman–Crippen MR) is 91.0 cm³/mol. The molecule has 0 spiro atoms. The quantitative estimate of drug-likeness (QED) is 0.797. The van der Waals surface area contributed by atoms with Crippen molar-refractivity contribution in [3.05, 3.63) is 22.3 Å². The van der Waals surface area contributed by atoms with Gasteiger partial charge in [-0.1, -0.05) is 12.5 Å². The maximum Gasteiger partial charge on any atom is 0.310 e. The fourth-order valence-corrected chi connectivity index (χ4v) is 5.86. The molecule has 2 N–H and O–H groups in total. The van der Waals surface area contributed by atoms with Crippen molar-refractivity contribution in [2.45, 2.75) is 65.1 Å². The summed E-state index contributed by atoms with van der Waals surface area (Å²) >= 11 is 0. The molecule has 0 aromatic rings. The molecule has 1 aliphatic heterocycles. The Balaban J connectivity index is 1.78. The number of carboxylic acids is 2. The smallest absolute Gasteiger partial charge is 0.310 e. The van der Waals surface area contributed by atoms with Gasteiger partial charge in [-0.15, -0.1) is 0 Å². The van der Waals surface area contributed by atoms with E-state index in [9.17, 15) is 14.7 Å². The normalized spacial score (nSPS) is 42.3. The van der Waals surface area contributed by atoms with Gasteiger partial charge in [0.05, 0.1) is 17.6 Å². The van der Waals surface area contributed by atoms with E-state index < -0.39 is 17.9 Å². The summed E-state index contributed by atoms with van der Waals surface area (Å²) in [4.78, 5) is 22.9. The van der Waals surface area contributed by atoms with Gasteiger partial charge in [0.25, 0.3) is 0 Å². The van der Waals surface area contributed by atoms with E-state index >= 15 is 0 Å². The summed E-state index contributed by atoms with van der Waals surface area (Å²) < 4.78 is 6.50. The third kappa shape index (κ3) is 2.11. The largest absolute Gasteiger partial charge is 0.481 e. The van der Waals surface area contributed by atoms with Crippen molar-refractivity contribution < 1.29 is 24.5 Å². The maximum atomic E-state index is 11.9. The van der Waals surface area contributed by atoms with Crippen molar-refractivity contribution in [1.29, 1.82) is 0 Å². The highest BCUT2D eigenvalue weighted by Crippen LogP contribution is 2.71. The first-order chi connectivity index (χ1) is 11.6. The van der Waals surface area contributed by atoms with Crippen LogP contribution in [0.3, 0.4) is 0 Å². The molecular formula is C20H26O5. The van der Waals surface area contributed by atoms with E-state index in [4.69, 9.17) is 9.84 Å². The van der Waals surface area contributed by atoms with Gasteiger partial charge >= 0.3 is 11.9 Å². The van der Waals surface area contributed by atoms with Gasteiger partial charge in [0.1, 0.15) is 0 Å². The number of carboxylic acid groups (broad SMARTS) is 2. The Labute approximate surface area is 147 Å². The Morgan fingerprint density at radius 2 is 1.92 bits per heavy atom. The van der Waals surface area contributed by atoms with Crippen molar-refractivity contribution in [3.63, 3.8) is 0 Å². The summed E-state index contributed by atoms with van der Waals surface area (Å²) in [5.41, 5.74) is 4.13. The molecule has 2 saturated carbocycles. The standard InChI is InChI=1S/C20H26O5/c1-9-15(11(18(23)24)5-6-14(21)22)10(2)19(3)7-12-13-8-20(13,4)25-17(19)16(9)12/h11-13,17H,5-8H2,1-4H3,(H,21,22)(H,23,24)/t11?,12?,13?,17?,19?,20-/m1/s1. The second kappa shape index (κ2) is 4.97. The fraction of sp³-hybridized carbons (Fsp3) is 0.700. The average molecular weight is 346 g/mol. The Hall–Kier alpha value is -1.62. The molecule has 4 rings (SSSR count). The Bertz CT molecular complexity index is 747. The number of rotatable bonds is 5. The summed E-state index contributed by atoms with van der Waals surface area (Å²) in [5, 5.41) is 18.8. The van der Waals surface area contributed by atoms with Crippen LogP contribution in [0.1, 0.15) is 53.4 Å².